The van der Waals surface area contributed by atoms with Crippen molar-refractivity contribution in [2.24, 2.45) is 5.84 Å². The zero-order valence-corrected chi connectivity index (χ0v) is 8.24. The predicted molar refractivity (Wildman–Crippen MR) is 53.2 cm³/mol. The minimum absolute atomic E-state index is 0.205. The van der Waals surface area contributed by atoms with Crippen molar-refractivity contribution in [3.63, 3.8) is 0 Å². The Morgan fingerprint density at radius 2 is 2.00 bits per heavy atom. The Hall–Kier alpha value is -1.47. The lowest BCUT2D eigenvalue weighted by molar-refractivity contribution is 0.410. The lowest BCUT2D eigenvalue weighted by atomic mass is 10.5. The molecule has 0 saturated carbocycles. The highest BCUT2D eigenvalue weighted by Gasteiger charge is 2.10. The molecule has 1 rings (SSSR count). The predicted octanol–water partition coefficient (Wildman–Crippen LogP) is -1.35. The van der Waals surface area contributed by atoms with Crippen LogP contribution >= 0.6 is 0 Å². The first-order valence-electron chi connectivity index (χ1n) is 4.19. The van der Waals surface area contributed by atoms with E-state index in [0.29, 0.717) is 6.54 Å². The summed E-state index contributed by atoms with van der Waals surface area (Å²) in [5.74, 6) is 5.58. The summed E-state index contributed by atoms with van der Waals surface area (Å²) in [7, 11) is 3.82. The van der Waals surface area contributed by atoms with E-state index >= 15 is 0 Å². The monoisotopic (exact) mass is 201 g/mol. The molecule has 0 aliphatic rings. The number of nitrogens with one attached hydrogen (secondary N) is 2. The molecule has 0 atom stereocenters. The highest BCUT2D eigenvalue weighted by Crippen LogP contribution is 2.16. The van der Waals surface area contributed by atoms with E-state index in [9.17, 15) is 9.90 Å². The number of hydrogen-bond acceptors (Lipinski definition) is 5. The fraction of sp³-hybridized carbons (Fsp3) is 0.571. The van der Waals surface area contributed by atoms with Gasteiger partial charge in [-0.3, -0.25) is 15.0 Å². The van der Waals surface area contributed by atoms with Gasteiger partial charge in [0.2, 0.25) is 5.88 Å². The normalized spacial score (nSPS) is 10.9. The Kier molecular flexibility index (Phi) is 3.15. The van der Waals surface area contributed by atoms with E-state index in [-0.39, 0.29) is 11.7 Å². The molecule has 0 fully saturated rings. The molecule has 0 spiro atoms. The number of likely N-dealkylation sites (N-methyl/N-ethyl adjacent to an activating group) is 1. The van der Waals surface area contributed by atoms with Crippen LogP contribution in [0.2, 0.25) is 0 Å². The number of rotatable bonds is 4. The van der Waals surface area contributed by atoms with Crippen molar-refractivity contribution in [1.29, 1.82) is 0 Å². The number of nitrogens with zero attached hydrogens (tertiary/aromatic N) is 2. The molecular weight excluding hydrogens is 186 g/mol. The van der Waals surface area contributed by atoms with Gasteiger partial charge in [0.1, 0.15) is 0 Å². The number of imidazole rings is 1. The van der Waals surface area contributed by atoms with E-state index < -0.39 is 5.69 Å². The van der Waals surface area contributed by atoms with Crippen LogP contribution in [-0.2, 0) is 0 Å². The molecular formula is C7H15N5O2. The maximum atomic E-state index is 10.8. The second-order valence-electron chi connectivity index (χ2n) is 3.27. The van der Waals surface area contributed by atoms with E-state index in [4.69, 9.17) is 5.84 Å². The smallest absolute Gasteiger partial charge is 0.327 e. The lowest BCUT2D eigenvalue weighted by Crippen LogP contribution is -2.37. The zero-order valence-electron chi connectivity index (χ0n) is 8.24. The average Bonchev–Trinajstić information content (AvgIpc) is 2.41. The van der Waals surface area contributed by atoms with Crippen molar-refractivity contribution in [1.82, 2.24) is 14.9 Å². The molecule has 7 nitrogen and oxygen atoms in total. The molecule has 0 radical (unpaired) electrons. The largest absolute Gasteiger partial charge is 0.492 e. The maximum Gasteiger partial charge on any atom is 0.327 e. The Morgan fingerprint density at radius 3 is 2.43 bits per heavy atom. The number of hydrazine groups is 1. The Morgan fingerprint density at radius 1 is 1.36 bits per heavy atom. The molecule has 0 aromatic carbocycles. The molecule has 80 valence electrons. The van der Waals surface area contributed by atoms with Crippen LogP contribution in [0.15, 0.2) is 4.79 Å². The third kappa shape index (κ3) is 2.51. The molecule has 0 saturated heterocycles. The molecule has 5 N–H and O–H groups in total. The number of aromatic hydroxyl groups is 1. The molecule has 0 unspecified atom stereocenters. The van der Waals surface area contributed by atoms with Crippen molar-refractivity contribution in [3.8, 4) is 5.88 Å². The van der Waals surface area contributed by atoms with Gasteiger partial charge in [-0.05, 0) is 14.1 Å². The summed E-state index contributed by atoms with van der Waals surface area (Å²) in [6.07, 6.45) is 0. The van der Waals surface area contributed by atoms with E-state index in [0.717, 1.165) is 6.54 Å². The van der Waals surface area contributed by atoms with Crippen LogP contribution in [0.1, 0.15) is 0 Å². The molecule has 1 aromatic rings. The Bertz CT molecular complexity index is 342. The van der Waals surface area contributed by atoms with Crippen LogP contribution in [0.3, 0.4) is 0 Å². The topological polar surface area (TPSA) is 101 Å². The summed E-state index contributed by atoms with van der Waals surface area (Å²) in [6.45, 7) is 1.23. The third-order valence-corrected chi connectivity index (χ3v) is 1.76. The van der Waals surface area contributed by atoms with Crippen LogP contribution in [0, 0.1) is 0 Å². The van der Waals surface area contributed by atoms with E-state index in [1.807, 2.05) is 19.0 Å². The Labute approximate surface area is 81.1 Å². The van der Waals surface area contributed by atoms with Crippen molar-refractivity contribution in [2.75, 3.05) is 32.2 Å². The fourth-order valence-electron chi connectivity index (χ4n) is 0.992. The number of aromatic nitrogens is 2. The van der Waals surface area contributed by atoms with Gasteiger partial charge < -0.3 is 10.0 Å². The van der Waals surface area contributed by atoms with Gasteiger partial charge in [-0.2, -0.15) is 0 Å². The van der Waals surface area contributed by atoms with Crippen LogP contribution in [0.25, 0.3) is 0 Å². The van der Waals surface area contributed by atoms with Crippen LogP contribution < -0.4 is 16.5 Å². The van der Waals surface area contributed by atoms with E-state index in [2.05, 4.69) is 9.97 Å². The molecule has 0 aliphatic heterocycles. The first kappa shape index (κ1) is 10.6. The summed E-state index contributed by atoms with van der Waals surface area (Å²) in [5.41, 5.74) is -0.474. The minimum Gasteiger partial charge on any atom is -0.492 e. The zero-order chi connectivity index (χ0) is 10.7. The van der Waals surface area contributed by atoms with Crippen molar-refractivity contribution >= 4 is 5.82 Å². The second-order valence-corrected chi connectivity index (χ2v) is 3.27. The minimum atomic E-state index is -0.474. The quantitative estimate of drug-likeness (QED) is 0.356. The van der Waals surface area contributed by atoms with Crippen LogP contribution in [0.4, 0.5) is 5.82 Å². The third-order valence-electron chi connectivity index (χ3n) is 1.76. The summed E-state index contributed by atoms with van der Waals surface area (Å²) < 4.78 is 0. The highest BCUT2D eigenvalue weighted by atomic mass is 16.3. The van der Waals surface area contributed by atoms with Gasteiger partial charge >= 0.3 is 5.69 Å². The lowest BCUT2D eigenvalue weighted by Gasteiger charge is -2.18. The molecule has 0 amide bonds. The SMILES string of the molecule is CN(C)CCN(N)c1[nH]c(=O)[nH]c1O. The van der Waals surface area contributed by atoms with Gasteiger partial charge in [-0.15, -0.1) is 0 Å². The molecule has 1 aromatic heterocycles. The summed E-state index contributed by atoms with van der Waals surface area (Å²) in [5, 5.41) is 10.5. The van der Waals surface area contributed by atoms with Gasteiger partial charge in [0.25, 0.3) is 0 Å². The fourth-order valence-corrected chi connectivity index (χ4v) is 0.992. The second kappa shape index (κ2) is 4.16. The van der Waals surface area contributed by atoms with Crippen LogP contribution in [-0.4, -0.2) is 47.2 Å². The highest BCUT2D eigenvalue weighted by molar-refractivity contribution is 5.45. The van der Waals surface area contributed by atoms with E-state index in [1.54, 1.807) is 0 Å². The first-order valence-corrected chi connectivity index (χ1v) is 4.19. The van der Waals surface area contributed by atoms with Gasteiger partial charge in [0.15, 0.2) is 5.82 Å². The Balaban J connectivity index is 2.64. The molecule has 7 heteroatoms. The van der Waals surface area contributed by atoms with Gasteiger partial charge in [0, 0.05) is 13.1 Å². The molecule has 14 heavy (non-hydrogen) atoms. The number of H-pyrrole nitrogens is 2. The molecule has 0 bridgehead atoms. The number of hydrogen-bond donors (Lipinski definition) is 4. The van der Waals surface area contributed by atoms with Crippen LogP contribution in [0.5, 0.6) is 5.88 Å². The molecule has 0 aliphatic carbocycles. The van der Waals surface area contributed by atoms with Crippen molar-refractivity contribution < 1.29 is 5.11 Å². The number of anilines is 1. The molecule has 1 heterocycles. The van der Waals surface area contributed by atoms with Gasteiger partial charge in [0.05, 0.1) is 0 Å². The first-order chi connectivity index (χ1) is 6.50. The van der Waals surface area contributed by atoms with Crippen molar-refractivity contribution in [2.45, 2.75) is 0 Å². The number of aromatic amines is 2. The average molecular weight is 201 g/mol. The number of nitrogens with two attached hydrogens (primary N) is 1. The van der Waals surface area contributed by atoms with E-state index in [1.165, 1.54) is 5.01 Å². The summed E-state index contributed by atoms with van der Waals surface area (Å²) in [4.78, 5) is 17.3. The summed E-state index contributed by atoms with van der Waals surface area (Å²) >= 11 is 0. The summed E-state index contributed by atoms with van der Waals surface area (Å²) in [6, 6.07) is 0. The van der Waals surface area contributed by atoms with Gasteiger partial charge in [-0.25, -0.2) is 10.6 Å². The van der Waals surface area contributed by atoms with Gasteiger partial charge in [-0.1, -0.05) is 0 Å². The maximum absolute atomic E-state index is 10.8. The van der Waals surface area contributed by atoms with Crippen molar-refractivity contribution in [3.05, 3.63) is 10.5 Å². The standard InChI is InChI=1S/C7H15N5O2/c1-11(2)3-4-12(8)5-6(13)10-7(14)9-5/h13H,3-4,8H2,1-2H3,(H2,9,10,14).